The van der Waals surface area contributed by atoms with Crippen molar-refractivity contribution in [3.05, 3.63) is 69.0 Å². The summed E-state index contributed by atoms with van der Waals surface area (Å²) in [6, 6.07) is 5.11. The average Bonchev–Trinajstić information content (AvgIpc) is 2.37. The summed E-state index contributed by atoms with van der Waals surface area (Å²) in [6.45, 7) is 0. The third-order valence-electron chi connectivity index (χ3n) is 2.90. The van der Waals surface area contributed by atoms with Crippen molar-refractivity contribution < 1.29 is 13.2 Å². The highest BCUT2D eigenvalue weighted by Crippen LogP contribution is 2.31. The molecule has 106 valence electrons. The predicted octanol–water partition coefficient (Wildman–Crippen LogP) is 4.72. The molecule has 6 heteroatoms. The second-order valence-electron chi connectivity index (χ2n) is 4.18. The summed E-state index contributed by atoms with van der Waals surface area (Å²) in [5, 5.41) is 3.39. The molecule has 2 aromatic rings. The van der Waals surface area contributed by atoms with Gasteiger partial charge in [-0.25, -0.2) is 13.2 Å². The van der Waals surface area contributed by atoms with Crippen LogP contribution in [0.2, 0.25) is 10.0 Å². The van der Waals surface area contributed by atoms with Gasteiger partial charge in [0.2, 0.25) is 0 Å². The van der Waals surface area contributed by atoms with Gasteiger partial charge in [-0.1, -0.05) is 29.3 Å². The van der Waals surface area contributed by atoms with Crippen LogP contribution in [0.15, 0.2) is 30.3 Å². The van der Waals surface area contributed by atoms with Gasteiger partial charge in [-0.3, -0.25) is 0 Å². The van der Waals surface area contributed by atoms with Gasteiger partial charge in [0.25, 0.3) is 0 Å². The molecule has 0 aromatic heterocycles. The second-order valence-corrected chi connectivity index (χ2v) is 4.99. The van der Waals surface area contributed by atoms with Crippen LogP contribution in [-0.4, -0.2) is 7.05 Å². The first kappa shape index (κ1) is 15.2. The first-order valence-electron chi connectivity index (χ1n) is 5.70. The second kappa shape index (κ2) is 6.04. The summed E-state index contributed by atoms with van der Waals surface area (Å²) in [5.41, 5.74) is 0.249. The van der Waals surface area contributed by atoms with E-state index in [4.69, 9.17) is 23.2 Å². The average molecular weight is 320 g/mol. The molecule has 0 saturated heterocycles. The molecule has 0 heterocycles. The third kappa shape index (κ3) is 2.92. The van der Waals surface area contributed by atoms with E-state index >= 15 is 0 Å². The molecule has 0 aliphatic carbocycles. The molecule has 0 bridgehead atoms. The van der Waals surface area contributed by atoms with Gasteiger partial charge in [0.1, 0.15) is 17.5 Å². The topological polar surface area (TPSA) is 12.0 Å². The Morgan fingerprint density at radius 2 is 1.55 bits per heavy atom. The van der Waals surface area contributed by atoms with Crippen LogP contribution in [0.4, 0.5) is 13.2 Å². The number of hydrogen-bond donors (Lipinski definition) is 1. The fraction of sp³-hybridized carbons (Fsp3) is 0.143. The van der Waals surface area contributed by atoms with E-state index in [1.54, 1.807) is 6.07 Å². The Bertz CT molecular complexity index is 623. The van der Waals surface area contributed by atoms with Crippen molar-refractivity contribution in [3.63, 3.8) is 0 Å². The van der Waals surface area contributed by atoms with Crippen LogP contribution in [0, 0.1) is 17.5 Å². The van der Waals surface area contributed by atoms with Gasteiger partial charge in [0.05, 0.1) is 16.1 Å². The van der Waals surface area contributed by atoms with Crippen LogP contribution in [0.5, 0.6) is 0 Å². The van der Waals surface area contributed by atoms with Crippen molar-refractivity contribution in [2.75, 3.05) is 7.05 Å². The molecule has 1 unspecified atom stereocenters. The van der Waals surface area contributed by atoms with Crippen LogP contribution in [0.3, 0.4) is 0 Å². The van der Waals surface area contributed by atoms with E-state index in [0.29, 0.717) is 22.7 Å². The van der Waals surface area contributed by atoms with Crippen molar-refractivity contribution in [1.29, 1.82) is 0 Å². The minimum Gasteiger partial charge on any atom is -0.309 e. The monoisotopic (exact) mass is 319 g/mol. The first-order chi connectivity index (χ1) is 9.43. The Morgan fingerprint density at radius 3 is 2.05 bits per heavy atom. The number of halogens is 5. The van der Waals surface area contributed by atoms with Crippen LogP contribution >= 0.6 is 23.2 Å². The van der Waals surface area contributed by atoms with Gasteiger partial charge in [0.15, 0.2) is 0 Å². The van der Waals surface area contributed by atoms with Gasteiger partial charge >= 0.3 is 0 Å². The summed E-state index contributed by atoms with van der Waals surface area (Å²) < 4.78 is 40.6. The molecule has 1 atom stereocenters. The number of rotatable bonds is 3. The Labute approximate surface area is 124 Å². The fourth-order valence-electron chi connectivity index (χ4n) is 2.00. The minimum atomic E-state index is -0.965. The largest absolute Gasteiger partial charge is 0.309 e. The van der Waals surface area contributed by atoms with E-state index in [2.05, 4.69) is 5.32 Å². The molecular formula is C14H10Cl2F3N. The van der Waals surface area contributed by atoms with Gasteiger partial charge in [0, 0.05) is 17.7 Å². The summed E-state index contributed by atoms with van der Waals surface area (Å²) in [7, 11) is 1.54. The molecule has 0 spiro atoms. The third-order valence-corrected chi connectivity index (χ3v) is 3.64. The number of nitrogens with one attached hydrogen (secondary N) is 1. The number of hydrogen-bond acceptors (Lipinski definition) is 1. The highest BCUT2D eigenvalue weighted by Gasteiger charge is 2.22. The van der Waals surface area contributed by atoms with Crippen molar-refractivity contribution in [2.45, 2.75) is 6.04 Å². The predicted molar refractivity (Wildman–Crippen MR) is 73.7 cm³/mol. The van der Waals surface area contributed by atoms with Crippen LogP contribution in [0.1, 0.15) is 17.2 Å². The van der Waals surface area contributed by atoms with Crippen molar-refractivity contribution in [2.24, 2.45) is 0 Å². The van der Waals surface area contributed by atoms with Crippen LogP contribution < -0.4 is 5.32 Å². The lowest BCUT2D eigenvalue weighted by Gasteiger charge is -2.19. The molecule has 1 N–H and O–H groups in total. The maximum absolute atomic E-state index is 13.8. The molecule has 0 fully saturated rings. The van der Waals surface area contributed by atoms with E-state index < -0.39 is 23.5 Å². The van der Waals surface area contributed by atoms with E-state index in [1.807, 2.05) is 0 Å². The summed E-state index contributed by atoms with van der Waals surface area (Å²) in [6.07, 6.45) is 0. The van der Waals surface area contributed by atoms with E-state index in [1.165, 1.54) is 19.2 Å². The minimum absolute atomic E-state index is 0.271. The lowest BCUT2D eigenvalue weighted by molar-refractivity contribution is 0.500. The zero-order valence-corrected chi connectivity index (χ0v) is 11.9. The van der Waals surface area contributed by atoms with Crippen molar-refractivity contribution in [3.8, 4) is 0 Å². The smallest absolute Gasteiger partial charge is 0.134 e. The van der Waals surface area contributed by atoms with Crippen molar-refractivity contribution >= 4 is 23.2 Å². The molecular weight excluding hydrogens is 310 g/mol. The SMILES string of the molecule is CNC(c1ccc(Cl)c(Cl)c1)c1c(F)cc(F)cc1F. The zero-order valence-electron chi connectivity index (χ0n) is 10.4. The van der Waals surface area contributed by atoms with Gasteiger partial charge < -0.3 is 5.32 Å². The lowest BCUT2D eigenvalue weighted by Crippen LogP contribution is -2.20. The molecule has 1 nitrogen and oxygen atoms in total. The molecule has 0 saturated carbocycles. The normalized spacial score (nSPS) is 12.5. The maximum atomic E-state index is 13.8. The van der Waals surface area contributed by atoms with E-state index in [-0.39, 0.29) is 10.6 Å². The summed E-state index contributed by atoms with van der Waals surface area (Å²) >= 11 is 11.7. The standard InChI is InChI=1S/C14H10Cl2F3N/c1-20-14(7-2-3-9(15)10(16)4-7)13-11(18)5-8(17)6-12(13)19/h2-6,14,20H,1H3. The van der Waals surface area contributed by atoms with Gasteiger partial charge in [-0.05, 0) is 24.7 Å². The fourth-order valence-corrected chi connectivity index (χ4v) is 2.31. The zero-order chi connectivity index (χ0) is 14.9. The summed E-state index contributed by atoms with van der Waals surface area (Å²) in [4.78, 5) is 0. The molecule has 0 aliphatic rings. The molecule has 0 amide bonds. The molecule has 2 aromatic carbocycles. The molecule has 0 aliphatic heterocycles. The Morgan fingerprint density at radius 1 is 0.950 bits per heavy atom. The Balaban J connectivity index is 2.55. The van der Waals surface area contributed by atoms with Gasteiger partial charge in [-0.15, -0.1) is 0 Å². The maximum Gasteiger partial charge on any atom is 0.134 e. The molecule has 20 heavy (non-hydrogen) atoms. The number of benzene rings is 2. The Kier molecular flexibility index (Phi) is 4.58. The highest BCUT2D eigenvalue weighted by molar-refractivity contribution is 6.42. The molecule has 2 rings (SSSR count). The molecule has 0 radical (unpaired) electrons. The van der Waals surface area contributed by atoms with E-state index in [9.17, 15) is 13.2 Å². The van der Waals surface area contributed by atoms with Crippen LogP contribution in [-0.2, 0) is 0 Å². The van der Waals surface area contributed by atoms with Gasteiger partial charge in [-0.2, -0.15) is 0 Å². The van der Waals surface area contributed by atoms with Crippen LogP contribution in [0.25, 0.3) is 0 Å². The van der Waals surface area contributed by atoms with E-state index in [0.717, 1.165) is 0 Å². The highest BCUT2D eigenvalue weighted by atomic mass is 35.5. The van der Waals surface area contributed by atoms with Crippen molar-refractivity contribution in [1.82, 2.24) is 5.32 Å². The lowest BCUT2D eigenvalue weighted by atomic mass is 9.97. The Hall–Kier alpha value is -1.23. The quantitative estimate of drug-likeness (QED) is 0.863. The summed E-state index contributed by atoms with van der Waals surface area (Å²) in [5.74, 6) is -2.89. The first-order valence-corrected chi connectivity index (χ1v) is 6.46.